The molecule has 2 nitrogen and oxygen atoms in total. The van der Waals surface area contributed by atoms with Gasteiger partial charge in [0.1, 0.15) is 5.82 Å². The topological polar surface area (TPSA) is 37.3 Å². The number of carbonyl (C=O) groups is 1. The Bertz CT molecular complexity index is 298. The molecule has 1 N–H and O–H groups in total. The second kappa shape index (κ2) is 2.84. The quantitative estimate of drug-likeness (QED) is 0.649. The van der Waals surface area contributed by atoms with Crippen molar-refractivity contribution in [1.29, 1.82) is 0 Å². The Labute approximate surface area is 68.1 Å². The van der Waals surface area contributed by atoms with E-state index < -0.39 is 11.8 Å². The normalized spacial score (nSPS) is 9.55. The zero-order valence-electron chi connectivity index (χ0n) is 5.37. The van der Waals surface area contributed by atoms with Gasteiger partial charge in [-0.2, -0.15) is 4.90 Å². The molecule has 0 atom stereocenters. The van der Waals surface area contributed by atoms with Crippen LogP contribution >= 0.6 is 0 Å². The van der Waals surface area contributed by atoms with Crippen LogP contribution in [0.1, 0.15) is 10.4 Å². The zero-order valence-corrected chi connectivity index (χ0v) is 6.19. The summed E-state index contributed by atoms with van der Waals surface area (Å²) >= 11 is 4.64. The van der Waals surface area contributed by atoms with E-state index in [2.05, 4.69) is 12.6 Å². The van der Waals surface area contributed by atoms with Crippen molar-refractivity contribution in [2.75, 3.05) is 0 Å². The summed E-state index contributed by atoms with van der Waals surface area (Å²) in [6.45, 7) is 0. The standard InChI is InChI=1S/C7H5FO2S/c8-4-1-2-6(11)5(3-4)7(9)10/h1-3,11H,(H,9,10)/p-1. The van der Waals surface area contributed by atoms with Crippen LogP contribution in [0.4, 0.5) is 4.39 Å². The van der Waals surface area contributed by atoms with Gasteiger partial charge in [-0.15, -0.1) is 0 Å². The van der Waals surface area contributed by atoms with Crippen molar-refractivity contribution in [3.05, 3.63) is 29.6 Å². The van der Waals surface area contributed by atoms with Gasteiger partial charge in [-0.3, -0.25) is 0 Å². The van der Waals surface area contributed by atoms with Crippen LogP contribution in [-0.4, -0.2) is 11.1 Å². The number of carboxylic acid groups (broad SMARTS) is 1. The SMILES string of the molecule is O=C(O)c1cc(F)ccc1[S-]. The van der Waals surface area contributed by atoms with Crippen molar-refractivity contribution < 1.29 is 14.3 Å². The van der Waals surface area contributed by atoms with Crippen LogP contribution in [0.5, 0.6) is 0 Å². The number of halogens is 1. The van der Waals surface area contributed by atoms with Gasteiger partial charge in [0.15, 0.2) is 0 Å². The van der Waals surface area contributed by atoms with Gasteiger partial charge in [0.25, 0.3) is 0 Å². The number of hydrogen-bond donors (Lipinski definition) is 1. The number of rotatable bonds is 1. The zero-order chi connectivity index (χ0) is 8.43. The van der Waals surface area contributed by atoms with Gasteiger partial charge in [0.2, 0.25) is 0 Å². The van der Waals surface area contributed by atoms with Gasteiger partial charge < -0.3 is 17.7 Å². The Kier molecular flexibility index (Phi) is 2.05. The Morgan fingerprint density at radius 1 is 1.55 bits per heavy atom. The average molecular weight is 171 g/mol. The van der Waals surface area contributed by atoms with E-state index in [-0.39, 0.29) is 10.5 Å². The van der Waals surface area contributed by atoms with Gasteiger partial charge in [-0.05, 0) is 12.1 Å². The van der Waals surface area contributed by atoms with Gasteiger partial charge in [0, 0.05) is 5.56 Å². The molecule has 0 saturated carbocycles. The molecule has 0 unspecified atom stereocenters. The van der Waals surface area contributed by atoms with Crippen LogP contribution < -0.4 is 0 Å². The first-order chi connectivity index (χ1) is 5.11. The molecule has 0 amide bonds. The van der Waals surface area contributed by atoms with E-state index in [1.165, 1.54) is 6.07 Å². The summed E-state index contributed by atoms with van der Waals surface area (Å²) in [5, 5.41) is 8.46. The Morgan fingerprint density at radius 2 is 2.18 bits per heavy atom. The van der Waals surface area contributed by atoms with Crippen LogP contribution in [0.25, 0.3) is 0 Å². The lowest BCUT2D eigenvalue weighted by molar-refractivity contribution is 0.0692. The van der Waals surface area contributed by atoms with E-state index in [0.29, 0.717) is 0 Å². The highest BCUT2D eigenvalue weighted by Gasteiger charge is 2.02. The van der Waals surface area contributed by atoms with Crippen molar-refractivity contribution in [2.24, 2.45) is 0 Å². The molecular formula is C7H4FO2S-. The van der Waals surface area contributed by atoms with E-state index in [4.69, 9.17) is 5.11 Å². The molecule has 0 heterocycles. The predicted octanol–water partition coefficient (Wildman–Crippen LogP) is 1.43. The largest absolute Gasteiger partial charge is 0.779 e. The van der Waals surface area contributed by atoms with E-state index in [9.17, 15) is 9.18 Å². The first-order valence-electron chi connectivity index (χ1n) is 2.81. The third-order valence-electron chi connectivity index (χ3n) is 1.17. The summed E-state index contributed by atoms with van der Waals surface area (Å²) in [6.07, 6.45) is 0. The lowest BCUT2D eigenvalue weighted by Gasteiger charge is -2.08. The molecule has 0 spiro atoms. The minimum Gasteiger partial charge on any atom is -0.779 e. The highest BCUT2D eigenvalue weighted by molar-refractivity contribution is 7.58. The maximum absolute atomic E-state index is 12.4. The van der Waals surface area contributed by atoms with E-state index in [0.717, 1.165) is 12.1 Å². The second-order valence-electron chi connectivity index (χ2n) is 1.95. The van der Waals surface area contributed by atoms with Crippen molar-refractivity contribution in [3.63, 3.8) is 0 Å². The summed E-state index contributed by atoms with van der Waals surface area (Å²) < 4.78 is 12.4. The fraction of sp³-hybridized carbons (Fsp3) is 0. The van der Waals surface area contributed by atoms with Gasteiger partial charge in [0.05, 0.1) is 0 Å². The van der Waals surface area contributed by atoms with E-state index >= 15 is 0 Å². The molecule has 1 aromatic carbocycles. The second-order valence-corrected chi connectivity index (χ2v) is 2.39. The minimum absolute atomic E-state index is 0.152. The van der Waals surface area contributed by atoms with Crippen molar-refractivity contribution in [3.8, 4) is 0 Å². The molecule has 1 rings (SSSR count). The molecule has 58 valence electrons. The highest BCUT2D eigenvalue weighted by Crippen LogP contribution is 2.09. The third kappa shape index (κ3) is 1.65. The highest BCUT2D eigenvalue weighted by atomic mass is 32.1. The summed E-state index contributed by atoms with van der Waals surface area (Å²) in [5.41, 5.74) is -0.167. The Morgan fingerprint density at radius 3 is 2.64 bits per heavy atom. The molecule has 0 aliphatic heterocycles. The van der Waals surface area contributed by atoms with Gasteiger partial charge in [-0.25, -0.2) is 9.18 Å². The monoisotopic (exact) mass is 171 g/mol. The molecule has 4 heteroatoms. The van der Waals surface area contributed by atoms with Crippen LogP contribution in [0.3, 0.4) is 0 Å². The van der Waals surface area contributed by atoms with Crippen LogP contribution in [-0.2, 0) is 12.6 Å². The number of carboxylic acids is 1. The maximum atomic E-state index is 12.4. The molecule has 0 radical (unpaired) electrons. The molecular weight excluding hydrogens is 167 g/mol. The van der Waals surface area contributed by atoms with Gasteiger partial charge >= 0.3 is 5.97 Å². The van der Waals surface area contributed by atoms with Crippen molar-refractivity contribution in [2.45, 2.75) is 4.90 Å². The molecule has 0 aliphatic rings. The van der Waals surface area contributed by atoms with E-state index in [1.807, 2.05) is 0 Å². The van der Waals surface area contributed by atoms with Gasteiger partial charge in [-0.1, -0.05) is 6.07 Å². The molecule has 11 heavy (non-hydrogen) atoms. The van der Waals surface area contributed by atoms with E-state index in [1.54, 1.807) is 0 Å². The summed E-state index contributed by atoms with van der Waals surface area (Å²) in [5.74, 6) is -1.79. The maximum Gasteiger partial charge on any atom is 0.334 e. The first-order valence-corrected chi connectivity index (χ1v) is 3.22. The predicted molar refractivity (Wildman–Crippen MR) is 39.0 cm³/mol. The van der Waals surface area contributed by atoms with Crippen molar-refractivity contribution >= 4 is 18.6 Å². The Hall–Kier alpha value is -1.16. The number of aromatic carboxylic acids is 1. The summed E-state index contributed by atoms with van der Waals surface area (Å²) in [7, 11) is 0. The lowest BCUT2D eigenvalue weighted by Crippen LogP contribution is -1.99. The Balaban J connectivity index is 3.23. The fourth-order valence-electron chi connectivity index (χ4n) is 0.669. The molecule has 0 fully saturated rings. The molecule has 1 aromatic rings. The summed E-state index contributed by atoms with van der Waals surface area (Å²) in [4.78, 5) is 10.5. The number of hydrogen-bond acceptors (Lipinski definition) is 2. The molecule has 0 aliphatic carbocycles. The summed E-state index contributed by atoms with van der Waals surface area (Å²) in [6, 6.07) is 3.30. The molecule has 0 saturated heterocycles. The fourth-order valence-corrected chi connectivity index (χ4v) is 0.884. The lowest BCUT2D eigenvalue weighted by atomic mass is 10.2. The molecule has 0 bridgehead atoms. The minimum atomic E-state index is -1.20. The van der Waals surface area contributed by atoms with Crippen LogP contribution in [0.2, 0.25) is 0 Å². The smallest absolute Gasteiger partial charge is 0.334 e. The third-order valence-corrected chi connectivity index (χ3v) is 1.53. The van der Waals surface area contributed by atoms with Crippen molar-refractivity contribution in [1.82, 2.24) is 0 Å². The average Bonchev–Trinajstić information content (AvgIpc) is 1.94. The number of benzene rings is 1. The van der Waals surface area contributed by atoms with Crippen LogP contribution in [0.15, 0.2) is 23.1 Å². The first kappa shape index (κ1) is 7.94. The van der Waals surface area contributed by atoms with Crippen LogP contribution in [0, 0.1) is 5.82 Å². The molecule has 0 aromatic heterocycles.